The number of hydrogen-bond donors (Lipinski definition) is 0. The van der Waals surface area contributed by atoms with Crippen LogP contribution < -0.4 is 0 Å². The maximum atomic E-state index is 3.95. The molecule has 1 aliphatic rings. The second-order valence-corrected chi connectivity index (χ2v) is 8.46. The van der Waals surface area contributed by atoms with E-state index in [1.807, 2.05) is 6.08 Å². The molecule has 0 nitrogen and oxygen atoms in total. The van der Waals surface area contributed by atoms with Gasteiger partial charge in [-0.15, -0.1) is 0 Å². The number of rotatable bonds is 10. The SMILES string of the molecule is C=CC(=C)/C=C\C(=C/C)CC1=CCC(C)(CC(C)CCc2ccccc2)C=C1. The first-order chi connectivity index (χ1) is 13.4. The Balaban J connectivity index is 1.85. The molecule has 0 spiro atoms. The van der Waals surface area contributed by atoms with Gasteiger partial charge in [0.05, 0.1) is 0 Å². The summed E-state index contributed by atoms with van der Waals surface area (Å²) < 4.78 is 0. The highest BCUT2D eigenvalue weighted by Crippen LogP contribution is 2.38. The summed E-state index contributed by atoms with van der Waals surface area (Å²) in [6, 6.07) is 10.8. The molecule has 148 valence electrons. The van der Waals surface area contributed by atoms with Crippen LogP contribution in [0.2, 0.25) is 0 Å². The van der Waals surface area contributed by atoms with Gasteiger partial charge < -0.3 is 0 Å². The fourth-order valence-electron chi connectivity index (χ4n) is 3.82. The Bertz CT molecular complexity index is 770. The molecule has 0 aromatic heterocycles. The summed E-state index contributed by atoms with van der Waals surface area (Å²) in [6.45, 7) is 14.6. The van der Waals surface area contributed by atoms with E-state index < -0.39 is 0 Å². The van der Waals surface area contributed by atoms with Crippen LogP contribution in [0.1, 0.15) is 52.0 Å². The summed E-state index contributed by atoms with van der Waals surface area (Å²) in [5.74, 6) is 0.726. The fourth-order valence-corrected chi connectivity index (χ4v) is 3.82. The molecule has 0 heteroatoms. The smallest absolute Gasteiger partial charge is 0.00323 e. The van der Waals surface area contributed by atoms with E-state index in [9.17, 15) is 0 Å². The summed E-state index contributed by atoms with van der Waals surface area (Å²) in [5.41, 5.74) is 5.41. The third-order valence-electron chi connectivity index (χ3n) is 5.67. The van der Waals surface area contributed by atoms with Crippen LogP contribution in [-0.4, -0.2) is 0 Å². The monoisotopic (exact) mass is 372 g/mol. The zero-order valence-electron chi connectivity index (χ0n) is 18.0. The van der Waals surface area contributed by atoms with E-state index in [4.69, 9.17) is 0 Å². The molecule has 0 aliphatic heterocycles. The highest BCUT2D eigenvalue weighted by atomic mass is 14.3. The Morgan fingerprint density at radius 3 is 2.57 bits per heavy atom. The van der Waals surface area contributed by atoms with Crippen molar-refractivity contribution in [1.29, 1.82) is 0 Å². The maximum Gasteiger partial charge on any atom is -0.00323 e. The lowest BCUT2D eigenvalue weighted by Gasteiger charge is -2.31. The lowest BCUT2D eigenvalue weighted by Crippen LogP contribution is -2.19. The Hall–Kier alpha value is -2.34. The molecule has 0 amide bonds. The summed E-state index contributed by atoms with van der Waals surface area (Å²) >= 11 is 0. The summed E-state index contributed by atoms with van der Waals surface area (Å²) in [6.07, 6.45) is 21.2. The van der Waals surface area contributed by atoms with Gasteiger partial charge >= 0.3 is 0 Å². The first-order valence-corrected chi connectivity index (χ1v) is 10.5. The second-order valence-electron chi connectivity index (χ2n) is 8.46. The van der Waals surface area contributed by atoms with Crippen molar-refractivity contribution in [1.82, 2.24) is 0 Å². The first kappa shape index (κ1) is 22.0. The summed E-state index contributed by atoms with van der Waals surface area (Å²) in [5, 5.41) is 0. The van der Waals surface area contributed by atoms with Crippen molar-refractivity contribution in [3.63, 3.8) is 0 Å². The van der Waals surface area contributed by atoms with Gasteiger partial charge in [-0.1, -0.05) is 99.9 Å². The quantitative estimate of drug-likeness (QED) is 0.363. The number of aryl methyl sites for hydroxylation is 1. The minimum absolute atomic E-state index is 0.280. The Morgan fingerprint density at radius 2 is 1.96 bits per heavy atom. The summed E-state index contributed by atoms with van der Waals surface area (Å²) in [7, 11) is 0. The van der Waals surface area contributed by atoms with E-state index in [1.165, 1.54) is 36.0 Å². The minimum Gasteiger partial charge on any atom is -0.0985 e. The second kappa shape index (κ2) is 10.9. The number of benzene rings is 1. The first-order valence-electron chi connectivity index (χ1n) is 10.5. The van der Waals surface area contributed by atoms with Crippen LogP contribution in [0.25, 0.3) is 0 Å². The molecule has 0 saturated carbocycles. The van der Waals surface area contributed by atoms with Crippen molar-refractivity contribution in [3.8, 4) is 0 Å². The zero-order valence-corrected chi connectivity index (χ0v) is 18.0. The van der Waals surface area contributed by atoms with E-state index in [-0.39, 0.29) is 5.41 Å². The minimum atomic E-state index is 0.280. The van der Waals surface area contributed by atoms with Gasteiger partial charge in [-0.3, -0.25) is 0 Å². The number of allylic oxidation sites excluding steroid dienone is 10. The van der Waals surface area contributed by atoms with Gasteiger partial charge in [-0.05, 0) is 72.6 Å². The van der Waals surface area contributed by atoms with Crippen LogP contribution in [-0.2, 0) is 6.42 Å². The fraction of sp³-hybridized carbons (Fsp3) is 0.357. The molecule has 2 atom stereocenters. The molecule has 0 fully saturated rings. The van der Waals surface area contributed by atoms with Gasteiger partial charge in [0.2, 0.25) is 0 Å². The van der Waals surface area contributed by atoms with Gasteiger partial charge in [-0.25, -0.2) is 0 Å². The molecule has 0 radical (unpaired) electrons. The van der Waals surface area contributed by atoms with Crippen molar-refractivity contribution >= 4 is 0 Å². The molecule has 0 bridgehead atoms. The van der Waals surface area contributed by atoms with Crippen LogP contribution in [0, 0.1) is 11.3 Å². The molecular weight excluding hydrogens is 336 g/mol. The highest BCUT2D eigenvalue weighted by Gasteiger charge is 2.25. The lowest BCUT2D eigenvalue weighted by atomic mass is 9.74. The Morgan fingerprint density at radius 1 is 1.21 bits per heavy atom. The van der Waals surface area contributed by atoms with Crippen LogP contribution >= 0.6 is 0 Å². The van der Waals surface area contributed by atoms with Crippen molar-refractivity contribution in [2.75, 3.05) is 0 Å². The molecule has 28 heavy (non-hydrogen) atoms. The third-order valence-corrected chi connectivity index (χ3v) is 5.67. The topological polar surface area (TPSA) is 0 Å². The van der Waals surface area contributed by atoms with Gasteiger partial charge in [-0.2, -0.15) is 0 Å². The summed E-state index contributed by atoms with van der Waals surface area (Å²) in [4.78, 5) is 0. The van der Waals surface area contributed by atoms with E-state index in [2.05, 4.69) is 94.6 Å². The van der Waals surface area contributed by atoms with E-state index in [1.54, 1.807) is 6.08 Å². The predicted octanol–water partition coefficient (Wildman–Crippen LogP) is 8.17. The predicted molar refractivity (Wildman–Crippen MR) is 125 cm³/mol. The molecule has 2 rings (SSSR count). The highest BCUT2D eigenvalue weighted by molar-refractivity contribution is 5.37. The van der Waals surface area contributed by atoms with Crippen molar-refractivity contribution in [2.45, 2.75) is 52.9 Å². The van der Waals surface area contributed by atoms with E-state index >= 15 is 0 Å². The Labute approximate surface area is 172 Å². The van der Waals surface area contributed by atoms with Gasteiger partial charge in [0.25, 0.3) is 0 Å². The Kier molecular flexibility index (Phi) is 8.51. The van der Waals surface area contributed by atoms with Crippen LogP contribution in [0.5, 0.6) is 0 Å². The maximum absolute atomic E-state index is 3.95. The average Bonchev–Trinajstić information content (AvgIpc) is 2.71. The molecule has 1 aromatic rings. The van der Waals surface area contributed by atoms with Crippen LogP contribution in [0.15, 0.2) is 103 Å². The molecule has 0 saturated heterocycles. The van der Waals surface area contributed by atoms with E-state index in [0.717, 1.165) is 24.3 Å². The molecular formula is C28H36. The zero-order chi connectivity index (χ0) is 20.4. The normalized spacial score (nSPS) is 20.8. The molecule has 0 N–H and O–H groups in total. The average molecular weight is 373 g/mol. The number of hydrogen-bond acceptors (Lipinski definition) is 0. The van der Waals surface area contributed by atoms with Crippen molar-refractivity contribution in [3.05, 3.63) is 108 Å². The van der Waals surface area contributed by atoms with Crippen molar-refractivity contribution < 1.29 is 0 Å². The van der Waals surface area contributed by atoms with Gasteiger partial charge in [0.1, 0.15) is 0 Å². The van der Waals surface area contributed by atoms with Crippen LogP contribution in [0.3, 0.4) is 0 Å². The van der Waals surface area contributed by atoms with Gasteiger partial charge in [0, 0.05) is 0 Å². The molecule has 2 unspecified atom stereocenters. The van der Waals surface area contributed by atoms with Crippen LogP contribution in [0.4, 0.5) is 0 Å². The largest absolute Gasteiger partial charge is 0.0985 e. The van der Waals surface area contributed by atoms with E-state index in [0.29, 0.717) is 0 Å². The molecule has 1 aliphatic carbocycles. The molecule has 1 aromatic carbocycles. The third kappa shape index (κ3) is 7.35. The van der Waals surface area contributed by atoms with Gasteiger partial charge in [0.15, 0.2) is 0 Å². The lowest BCUT2D eigenvalue weighted by molar-refractivity contribution is 0.308. The molecule has 0 heterocycles. The van der Waals surface area contributed by atoms with Crippen molar-refractivity contribution in [2.24, 2.45) is 11.3 Å². The standard InChI is InChI=1S/C28H36/c1-6-23(3)13-15-25(7-2)21-27-17-19-28(5,20-18-27)22-24(4)14-16-26-11-9-8-10-12-26/h6-13,15,17-19,24H,1,3,14,16,20-22H2,2,4-5H3/b15-13-,25-7+.